The van der Waals surface area contributed by atoms with Gasteiger partial charge in [-0.1, -0.05) is 6.07 Å². The zero-order valence-corrected chi connectivity index (χ0v) is 12.8. The summed E-state index contributed by atoms with van der Waals surface area (Å²) in [5.41, 5.74) is -0.633. The zero-order chi connectivity index (χ0) is 15.9. The minimum absolute atomic E-state index is 0.271. The fourth-order valence-corrected chi connectivity index (χ4v) is 2.60. The highest BCUT2D eigenvalue weighted by atomic mass is 32.2. The van der Waals surface area contributed by atoms with Gasteiger partial charge in [0.25, 0.3) is 0 Å². The molecule has 0 spiro atoms. The van der Waals surface area contributed by atoms with Crippen LogP contribution in [0.1, 0.15) is 12.0 Å². The number of esters is 1. The summed E-state index contributed by atoms with van der Waals surface area (Å²) in [6, 6.07) is 5.28. The van der Waals surface area contributed by atoms with E-state index in [0.717, 1.165) is 12.1 Å². The van der Waals surface area contributed by atoms with Crippen molar-refractivity contribution < 1.29 is 22.7 Å². The Balaban J connectivity index is 2.37. The van der Waals surface area contributed by atoms with Crippen molar-refractivity contribution in [1.82, 2.24) is 4.90 Å². The lowest BCUT2D eigenvalue weighted by Gasteiger charge is -2.15. The summed E-state index contributed by atoms with van der Waals surface area (Å²) < 4.78 is 42.2. The monoisotopic (exact) mass is 321 g/mol. The van der Waals surface area contributed by atoms with E-state index in [9.17, 15) is 18.0 Å². The Labute approximate surface area is 126 Å². The third-order valence-electron chi connectivity index (χ3n) is 2.83. The molecule has 0 aliphatic carbocycles. The fourth-order valence-electron chi connectivity index (χ4n) is 1.58. The van der Waals surface area contributed by atoms with Crippen LogP contribution >= 0.6 is 11.8 Å². The van der Waals surface area contributed by atoms with Crippen LogP contribution in [0, 0.1) is 0 Å². The molecule has 0 amide bonds. The minimum atomic E-state index is -4.31. The number of thioether (sulfide) groups is 1. The summed E-state index contributed by atoms with van der Waals surface area (Å²) in [5.74, 6) is 0.381. The number of hydrogen-bond acceptors (Lipinski definition) is 4. The first kappa shape index (κ1) is 17.8. The quantitative estimate of drug-likeness (QED) is 0.569. The molecule has 1 aromatic carbocycles. The van der Waals surface area contributed by atoms with Crippen LogP contribution in [0.5, 0.6) is 0 Å². The molecular weight excluding hydrogens is 303 g/mol. The molecule has 0 unspecified atom stereocenters. The molecule has 0 aliphatic heterocycles. The Bertz CT molecular complexity index is 466. The molecule has 0 N–H and O–H groups in total. The third kappa shape index (κ3) is 6.86. The predicted octanol–water partition coefficient (Wildman–Crippen LogP) is 3.29. The first-order valence-electron chi connectivity index (χ1n) is 6.38. The number of halogens is 3. The van der Waals surface area contributed by atoms with Crippen molar-refractivity contribution in [3.8, 4) is 0 Å². The number of benzene rings is 1. The lowest BCUT2D eigenvalue weighted by Crippen LogP contribution is -2.24. The van der Waals surface area contributed by atoms with Gasteiger partial charge in [0, 0.05) is 23.7 Å². The van der Waals surface area contributed by atoms with Crippen molar-refractivity contribution >= 4 is 17.7 Å². The molecule has 0 aromatic heterocycles. The standard InChI is InChI=1S/C14H18F3NO2S/c1-18(7-6-13(19)20-2)8-9-21-12-5-3-4-11(10-12)14(15,16)17/h3-5,10H,6-9H2,1-2H3. The van der Waals surface area contributed by atoms with Crippen LogP contribution in [-0.2, 0) is 15.7 Å². The second-order valence-corrected chi connectivity index (χ2v) is 5.67. The van der Waals surface area contributed by atoms with Crippen molar-refractivity contribution in [2.75, 3.05) is 33.0 Å². The Morgan fingerprint density at radius 2 is 2.05 bits per heavy atom. The number of nitrogens with zero attached hydrogens (tertiary/aromatic N) is 1. The topological polar surface area (TPSA) is 29.5 Å². The van der Waals surface area contributed by atoms with Crippen LogP contribution < -0.4 is 0 Å². The van der Waals surface area contributed by atoms with Crippen LogP contribution in [0.3, 0.4) is 0 Å². The summed E-state index contributed by atoms with van der Waals surface area (Å²) in [6.07, 6.45) is -4.00. The molecule has 0 radical (unpaired) electrons. The molecule has 1 rings (SSSR count). The van der Waals surface area contributed by atoms with Crippen molar-refractivity contribution in [2.45, 2.75) is 17.5 Å². The minimum Gasteiger partial charge on any atom is -0.469 e. The molecule has 7 heteroatoms. The van der Waals surface area contributed by atoms with Gasteiger partial charge in [-0.2, -0.15) is 13.2 Å². The summed E-state index contributed by atoms with van der Waals surface area (Å²) in [4.78, 5) is 13.5. The molecule has 1 aromatic rings. The van der Waals surface area contributed by atoms with Crippen LogP contribution in [0.2, 0.25) is 0 Å². The Morgan fingerprint density at radius 3 is 2.67 bits per heavy atom. The van der Waals surface area contributed by atoms with Crippen molar-refractivity contribution in [3.05, 3.63) is 29.8 Å². The van der Waals surface area contributed by atoms with Crippen molar-refractivity contribution in [1.29, 1.82) is 0 Å². The average Bonchev–Trinajstić information content (AvgIpc) is 2.44. The number of carbonyl (C=O) groups excluding carboxylic acids is 1. The summed E-state index contributed by atoms with van der Waals surface area (Å²) in [7, 11) is 3.20. The van der Waals surface area contributed by atoms with Crippen LogP contribution in [0.15, 0.2) is 29.2 Å². The maximum atomic E-state index is 12.6. The normalized spacial score (nSPS) is 11.7. The number of rotatable bonds is 7. The molecular formula is C14H18F3NO2S. The number of ether oxygens (including phenoxy) is 1. The number of carbonyl (C=O) groups is 1. The summed E-state index contributed by atoms with van der Waals surface area (Å²) >= 11 is 1.36. The molecule has 0 bridgehead atoms. The van der Waals surface area contributed by atoms with E-state index in [1.807, 2.05) is 11.9 Å². The Morgan fingerprint density at radius 1 is 1.33 bits per heavy atom. The lowest BCUT2D eigenvalue weighted by atomic mass is 10.2. The Hall–Kier alpha value is -1.21. The van der Waals surface area contributed by atoms with E-state index >= 15 is 0 Å². The summed E-state index contributed by atoms with van der Waals surface area (Å²) in [5, 5.41) is 0. The van der Waals surface area contributed by atoms with Gasteiger partial charge in [-0.15, -0.1) is 11.8 Å². The first-order chi connectivity index (χ1) is 9.82. The van der Waals surface area contributed by atoms with Gasteiger partial charge in [0.1, 0.15) is 0 Å². The molecule has 21 heavy (non-hydrogen) atoms. The molecule has 0 aliphatic rings. The van der Waals surface area contributed by atoms with E-state index in [0.29, 0.717) is 30.2 Å². The van der Waals surface area contributed by atoms with E-state index in [4.69, 9.17) is 0 Å². The fraction of sp³-hybridized carbons (Fsp3) is 0.500. The van der Waals surface area contributed by atoms with Gasteiger partial charge in [0.15, 0.2) is 0 Å². The maximum Gasteiger partial charge on any atom is 0.416 e. The van der Waals surface area contributed by atoms with Gasteiger partial charge < -0.3 is 9.64 Å². The number of methoxy groups -OCH3 is 1. The predicted molar refractivity (Wildman–Crippen MR) is 76.3 cm³/mol. The van der Waals surface area contributed by atoms with E-state index in [-0.39, 0.29) is 5.97 Å². The zero-order valence-electron chi connectivity index (χ0n) is 11.9. The third-order valence-corrected chi connectivity index (χ3v) is 3.80. The highest BCUT2D eigenvalue weighted by Gasteiger charge is 2.30. The van der Waals surface area contributed by atoms with E-state index in [1.54, 1.807) is 6.07 Å². The highest BCUT2D eigenvalue weighted by Crippen LogP contribution is 2.31. The molecule has 118 valence electrons. The van der Waals surface area contributed by atoms with Crippen LogP contribution in [-0.4, -0.2) is 43.9 Å². The van der Waals surface area contributed by atoms with Gasteiger partial charge in [0.05, 0.1) is 19.1 Å². The molecule has 0 heterocycles. The second-order valence-electron chi connectivity index (χ2n) is 4.50. The van der Waals surface area contributed by atoms with Crippen molar-refractivity contribution in [2.24, 2.45) is 0 Å². The number of hydrogen-bond donors (Lipinski definition) is 0. The molecule has 0 saturated carbocycles. The highest BCUT2D eigenvalue weighted by molar-refractivity contribution is 7.99. The van der Waals surface area contributed by atoms with E-state index in [1.165, 1.54) is 24.9 Å². The lowest BCUT2D eigenvalue weighted by molar-refractivity contribution is -0.141. The SMILES string of the molecule is COC(=O)CCN(C)CCSc1cccc(C(F)(F)F)c1. The second kappa shape index (κ2) is 8.29. The smallest absolute Gasteiger partial charge is 0.416 e. The number of alkyl halides is 3. The maximum absolute atomic E-state index is 12.6. The van der Waals surface area contributed by atoms with E-state index < -0.39 is 11.7 Å². The first-order valence-corrected chi connectivity index (χ1v) is 7.37. The summed E-state index contributed by atoms with van der Waals surface area (Å²) in [6.45, 7) is 1.24. The molecule has 3 nitrogen and oxygen atoms in total. The van der Waals surface area contributed by atoms with Gasteiger partial charge in [0.2, 0.25) is 0 Å². The molecule has 0 atom stereocenters. The molecule has 0 saturated heterocycles. The average molecular weight is 321 g/mol. The van der Waals surface area contributed by atoms with Crippen LogP contribution in [0.25, 0.3) is 0 Å². The largest absolute Gasteiger partial charge is 0.469 e. The van der Waals surface area contributed by atoms with Crippen molar-refractivity contribution in [3.63, 3.8) is 0 Å². The van der Waals surface area contributed by atoms with E-state index in [2.05, 4.69) is 4.74 Å². The van der Waals surface area contributed by atoms with Crippen LogP contribution in [0.4, 0.5) is 13.2 Å². The molecule has 0 fully saturated rings. The van der Waals surface area contributed by atoms with Gasteiger partial charge >= 0.3 is 12.1 Å². The van der Waals surface area contributed by atoms with Gasteiger partial charge in [-0.3, -0.25) is 4.79 Å². The Kier molecular flexibility index (Phi) is 7.04. The van der Waals surface area contributed by atoms with Gasteiger partial charge in [-0.05, 0) is 25.2 Å². The van der Waals surface area contributed by atoms with Gasteiger partial charge in [-0.25, -0.2) is 0 Å².